The maximum absolute atomic E-state index is 12.9. The van der Waals surface area contributed by atoms with Gasteiger partial charge in [0.2, 0.25) is 0 Å². The third kappa shape index (κ3) is 4.85. The lowest BCUT2D eigenvalue weighted by molar-refractivity contribution is 0.263. The molecule has 3 heterocycles. The van der Waals surface area contributed by atoms with Gasteiger partial charge in [0.15, 0.2) is 0 Å². The molecule has 2 aromatic heterocycles. The molecule has 1 aliphatic heterocycles. The van der Waals surface area contributed by atoms with E-state index in [2.05, 4.69) is 45.2 Å². The number of imidazole rings is 1. The molecule has 0 fully saturated rings. The molecular formula is C28H30N6O2. The van der Waals surface area contributed by atoms with Crippen LogP contribution >= 0.6 is 0 Å². The molecule has 0 saturated carbocycles. The molecule has 0 amide bonds. The number of aliphatic hydroxyl groups excluding tert-OH is 1. The van der Waals surface area contributed by atoms with Crippen molar-refractivity contribution in [3.63, 3.8) is 0 Å². The minimum absolute atomic E-state index is 0.0434. The van der Waals surface area contributed by atoms with Gasteiger partial charge in [-0.25, -0.2) is 4.98 Å². The number of aryl methyl sites for hydroxylation is 1. The highest BCUT2D eigenvalue weighted by atomic mass is 16.3. The number of benzene rings is 2. The number of hydrogen-bond donors (Lipinski definition) is 4. The molecule has 1 unspecified atom stereocenters. The Hall–Kier alpha value is -4.04. The molecule has 8 heteroatoms. The summed E-state index contributed by atoms with van der Waals surface area (Å²) in [4.78, 5) is 33.0. The SMILES string of the molecule is Cc1cc(C2=NCC(C)(C)N2)cc2[nH]c(-c3c(N=CC(CO)Cc4ccccc4)cc[nH]c3=O)nc12. The predicted molar refractivity (Wildman–Crippen MR) is 144 cm³/mol. The van der Waals surface area contributed by atoms with Crippen LogP contribution in [0.2, 0.25) is 0 Å². The molecule has 184 valence electrons. The minimum atomic E-state index is -0.284. The van der Waals surface area contributed by atoms with E-state index in [1.165, 1.54) is 0 Å². The van der Waals surface area contributed by atoms with Gasteiger partial charge in [-0.1, -0.05) is 30.3 Å². The lowest BCUT2D eigenvalue weighted by Crippen LogP contribution is -2.39. The van der Waals surface area contributed by atoms with E-state index in [1.54, 1.807) is 18.5 Å². The smallest absolute Gasteiger partial charge is 0.261 e. The van der Waals surface area contributed by atoms with E-state index in [9.17, 15) is 9.90 Å². The summed E-state index contributed by atoms with van der Waals surface area (Å²) >= 11 is 0. The fraction of sp³-hybridized carbons (Fsp3) is 0.286. The number of pyridine rings is 1. The number of fused-ring (bicyclic) bond motifs is 1. The molecule has 0 saturated heterocycles. The molecule has 4 aromatic rings. The number of aliphatic hydroxyl groups is 1. The summed E-state index contributed by atoms with van der Waals surface area (Å²) in [5.41, 5.74) is 5.19. The number of H-pyrrole nitrogens is 2. The number of amidine groups is 1. The zero-order chi connectivity index (χ0) is 25.3. The highest BCUT2D eigenvalue weighted by molar-refractivity contribution is 6.03. The lowest BCUT2D eigenvalue weighted by atomic mass is 10.0. The van der Waals surface area contributed by atoms with Gasteiger partial charge in [0.1, 0.15) is 17.2 Å². The van der Waals surface area contributed by atoms with Crippen molar-refractivity contribution in [2.75, 3.05) is 13.2 Å². The summed E-state index contributed by atoms with van der Waals surface area (Å²) in [5.74, 6) is 1.13. The molecule has 4 N–H and O–H groups in total. The van der Waals surface area contributed by atoms with E-state index in [1.807, 2.05) is 43.3 Å². The first-order chi connectivity index (χ1) is 17.3. The monoisotopic (exact) mass is 482 g/mol. The van der Waals surface area contributed by atoms with Gasteiger partial charge in [-0.15, -0.1) is 0 Å². The number of aromatic amines is 2. The van der Waals surface area contributed by atoms with Gasteiger partial charge in [-0.3, -0.25) is 14.8 Å². The summed E-state index contributed by atoms with van der Waals surface area (Å²) in [6, 6.07) is 15.8. The van der Waals surface area contributed by atoms with E-state index >= 15 is 0 Å². The summed E-state index contributed by atoms with van der Waals surface area (Å²) in [5, 5.41) is 13.4. The van der Waals surface area contributed by atoms with Crippen LogP contribution in [0.5, 0.6) is 0 Å². The molecule has 1 atom stereocenters. The van der Waals surface area contributed by atoms with Gasteiger partial charge in [0.05, 0.1) is 35.4 Å². The second-order valence-corrected chi connectivity index (χ2v) is 9.93. The molecule has 5 rings (SSSR count). The van der Waals surface area contributed by atoms with Crippen molar-refractivity contribution in [1.82, 2.24) is 20.3 Å². The second kappa shape index (κ2) is 9.54. The maximum atomic E-state index is 12.9. The van der Waals surface area contributed by atoms with E-state index in [-0.39, 0.29) is 23.6 Å². The van der Waals surface area contributed by atoms with Crippen LogP contribution in [0.4, 0.5) is 5.69 Å². The van der Waals surface area contributed by atoms with Gasteiger partial charge < -0.3 is 20.4 Å². The zero-order valence-electron chi connectivity index (χ0n) is 20.7. The standard InChI is InChI=1S/C28H30N6O2/c1-17-11-20(25-31-16-28(2,3)34-25)13-22-24(17)33-26(32-22)23-21(9-10-29-27(23)36)30-14-19(15-35)12-18-7-5-4-6-8-18/h4-11,13-14,19,35H,12,15-16H2,1-3H3,(H,29,36)(H,31,34)(H,32,33). The highest BCUT2D eigenvalue weighted by Crippen LogP contribution is 2.29. The topological polar surface area (TPSA) is 119 Å². The lowest BCUT2D eigenvalue weighted by Gasteiger charge is -2.18. The van der Waals surface area contributed by atoms with E-state index < -0.39 is 0 Å². The fourth-order valence-corrected chi connectivity index (χ4v) is 4.46. The molecule has 0 aliphatic carbocycles. The molecular weight excluding hydrogens is 452 g/mol. The Morgan fingerprint density at radius 1 is 1.19 bits per heavy atom. The van der Waals surface area contributed by atoms with Crippen LogP contribution in [0.1, 0.15) is 30.5 Å². The van der Waals surface area contributed by atoms with Crippen LogP contribution in [0, 0.1) is 12.8 Å². The summed E-state index contributed by atoms with van der Waals surface area (Å²) in [6.45, 7) is 6.91. The molecule has 1 aliphatic rings. The van der Waals surface area contributed by atoms with Gasteiger partial charge >= 0.3 is 0 Å². The Morgan fingerprint density at radius 3 is 2.72 bits per heavy atom. The number of aromatic nitrogens is 3. The molecule has 0 spiro atoms. The first-order valence-corrected chi connectivity index (χ1v) is 12.1. The molecule has 0 radical (unpaired) electrons. The van der Waals surface area contributed by atoms with Crippen LogP contribution in [0.25, 0.3) is 22.4 Å². The van der Waals surface area contributed by atoms with Gasteiger partial charge in [0, 0.05) is 23.9 Å². The average molecular weight is 483 g/mol. The van der Waals surface area contributed by atoms with Crippen molar-refractivity contribution in [2.24, 2.45) is 15.9 Å². The van der Waals surface area contributed by atoms with E-state index in [0.29, 0.717) is 30.0 Å². The normalized spacial score (nSPS) is 15.8. The van der Waals surface area contributed by atoms with E-state index in [4.69, 9.17) is 4.98 Å². The quantitative estimate of drug-likeness (QED) is 0.299. The number of nitrogens with one attached hydrogen (secondary N) is 3. The van der Waals surface area contributed by atoms with Gasteiger partial charge in [-0.05, 0) is 56.5 Å². The Labute approximate surface area is 209 Å². The summed E-state index contributed by atoms with van der Waals surface area (Å²) < 4.78 is 0. The molecule has 8 nitrogen and oxygen atoms in total. The Morgan fingerprint density at radius 2 is 2.00 bits per heavy atom. The number of rotatable bonds is 7. The van der Waals surface area contributed by atoms with Crippen molar-refractivity contribution >= 4 is 28.8 Å². The average Bonchev–Trinajstić information content (AvgIpc) is 3.45. The van der Waals surface area contributed by atoms with Crippen LogP contribution in [-0.2, 0) is 6.42 Å². The predicted octanol–water partition coefficient (Wildman–Crippen LogP) is 3.91. The third-order valence-corrected chi connectivity index (χ3v) is 6.32. The first kappa shape index (κ1) is 23.7. The van der Waals surface area contributed by atoms with Gasteiger partial charge in [-0.2, -0.15) is 0 Å². The molecule has 0 bridgehead atoms. The van der Waals surface area contributed by atoms with Gasteiger partial charge in [0.25, 0.3) is 5.56 Å². The minimum Gasteiger partial charge on any atom is -0.396 e. The Kier molecular flexibility index (Phi) is 6.28. The second-order valence-electron chi connectivity index (χ2n) is 9.93. The van der Waals surface area contributed by atoms with E-state index in [0.717, 1.165) is 33.6 Å². The number of aliphatic imine (C=N–C) groups is 2. The maximum Gasteiger partial charge on any atom is 0.261 e. The Bertz CT molecular complexity index is 1510. The third-order valence-electron chi connectivity index (χ3n) is 6.32. The van der Waals surface area contributed by atoms with Crippen LogP contribution < -0.4 is 10.9 Å². The van der Waals surface area contributed by atoms with Crippen molar-refractivity contribution in [3.8, 4) is 11.4 Å². The molecule has 2 aromatic carbocycles. The number of nitrogens with zero attached hydrogens (tertiary/aromatic N) is 3. The molecule has 36 heavy (non-hydrogen) atoms. The van der Waals surface area contributed by atoms with Crippen LogP contribution in [0.15, 0.2) is 69.5 Å². The van der Waals surface area contributed by atoms with Crippen molar-refractivity contribution < 1.29 is 5.11 Å². The fourth-order valence-electron chi connectivity index (χ4n) is 4.46. The van der Waals surface area contributed by atoms with Crippen molar-refractivity contribution in [1.29, 1.82) is 0 Å². The van der Waals surface area contributed by atoms with Crippen molar-refractivity contribution in [2.45, 2.75) is 32.7 Å². The first-order valence-electron chi connectivity index (χ1n) is 12.1. The highest BCUT2D eigenvalue weighted by Gasteiger charge is 2.26. The Balaban J connectivity index is 1.49. The van der Waals surface area contributed by atoms with Crippen LogP contribution in [0.3, 0.4) is 0 Å². The largest absolute Gasteiger partial charge is 0.396 e. The number of hydrogen-bond acceptors (Lipinski definition) is 6. The van der Waals surface area contributed by atoms with Crippen molar-refractivity contribution in [3.05, 3.63) is 81.8 Å². The summed E-state index contributed by atoms with van der Waals surface area (Å²) in [7, 11) is 0. The van der Waals surface area contributed by atoms with Crippen LogP contribution in [-0.4, -0.2) is 50.8 Å². The summed E-state index contributed by atoms with van der Waals surface area (Å²) in [6.07, 6.45) is 3.94. The zero-order valence-corrected chi connectivity index (χ0v) is 20.7.